The molecule has 1 atom stereocenters. The molecule has 0 aliphatic heterocycles. The number of rotatable bonds is 4. The van der Waals surface area contributed by atoms with Crippen molar-refractivity contribution in [2.75, 3.05) is 12.4 Å². The second kappa shape index (κ2) is 6.27. The molecule has 0 aromatic heterocycles. The molecule has 0 heterocycles. The van der Waals surface area contributed by atoms with Crippen molar-refractivity contribution in [3.8, 4) is 5.75 Å². The summed E-state index contributed by atoms with van der Waals surface area (Å²) >= 11 is 3.19. The minimum Gasteiger partial charge on any atom is -0.496 e. The number of nitrogens with one attached hydrogen (secondary N) is 1. The molecule has 20 heavy (non-hydrogen) atoms. The molecule has 106 valence electrons. The van der Waals surface area contributed by atoms with Crippen molar-refractivity contribution in [1.82, 2.24) is 0 Å². The fourth-order valence-electron chi connectivity index (χ4n) is 2.09. The molecule has 2 nitrogen and oxygen atoms in total. The van der Waals surface area contributed by atoms with Crippen LogP contribution in [0.3, 0.4) is 0 Å². The molecule has 0 saturated carbocycles. The van der Waals surface area contributed by atoms with Crippen LogP contribution in [0, 0.1) is 12.7 Å². The first-order chi connectivity index (χ1) is 9.51. The van der Waals surface area contributed by atoms with Gasteiger partial charge in [0.15, 0.2) is 0 Å². The zero-order valence-electron chi connectivity index (χ0n) is 11.7. The van der Waals surface area contributed by atoms with Crippen molar-refractivity contribution < 1.29 is 9.13 Å². The molecule has 1 unspecified atom stereocenters. The monoisotopic (exact) mass is 337 g/mol. The highest BCUT2D eigenvalue weighted by Gasteiger charge is 2.12. The van der Waals surface area contributed by atoms with Crippen LogP contribution in [0.4, 0.5) is 10.1 Å². The quantitative estimate of drug-likeness (QED) is 0.840. The Morgan fingerprint density at radius 1 is 1.20 bits per heavy atom. The molecule has 2 aromatic carbocycles. The van der Waals surface area contributed by atoms with E-state index in [-0.39, 0.29) is 11.9 Å². The van der Waals surface area contributed by atoms with Gasteiger partial charge >= 0.3 is 0 Å². The van der Waals surface area contributed by atoms with Crippen LogP contribution < -0.4 is 10.1 Å². The zero-order valence-corrected chi connectivity index (χ0v) is 13.3. The molecule has 0 saturated heterocycles. The highest BCUT2D eigenvalue weighted by atomic mass is 79.9. The van der Waals surface area contributed by atoms with Gasteiger partial charge in [-0.2, -0.15) is 0 Å². The Morgan fingerprint density at radius 3 is 2.60 bits per heavy atom. The van der Waals surface area contributed by atoms with Crippen LogP contribution in [0.1, 0.15) is 24.1 Å². The highest BCUT2D eigenvalue weighted by molar-refractivity contribution is 9.10. The molecule has 0 spiro atoms. The SMILES string of the molecule is COc1cc(C)ccc1C(C)Nc1ccc(F)c(Br)c1. The van der Waals surface area contributed by atoms with E-state index >= 15 is 0 Å². The van der Waals surface area contributed by atoms with Crippen molar-refractivity contribution in [2.45, 2.75) is 19.9 Å². The topological polar surface area (TPSA) is 21.3 Å². The fraction of sp³-hybridized carbons (Fsp3) is 0.250. The molecule has 1 N–H and O–H groups in total. The molecular weight excluding hydrogens is 321 g/mol. The lowest BCUT2D eigenvalue weighted by Gasteiger charge is -2.19. The van der Waals surface area contributed by atoms with Crippen LogP contribution in [0.2, 0.25) is 0 Å². The molecule has 0 bridgehead atoms. The lowest BCUT2D eigenvalue weighted by atomic mass is 10.0. The molecule has 2 rings (SSSR count). The second-order valence-corrected chi connectivity index (χ2v) is 5.59. The first kappa shape index (κ1) is 14.9. The van der Waals surface area contributed by atoms with Gasteiger partial charge in [-0.3, -0.25) is 0 Å². The predicted molar refractivity (Wildman–Crippen MR) is 83.9 cm³/mol. The Kier molecular flexibility index (Phi) is 4.65. The van der Waals surface area contributed by atoms with Crippen LogP contribution in [0.25, 0.3) is 0 Å². The Morgan fingerprint density at radius 2 is 1.95 bits per heavy atom. The van der Waals surface area contributed by atoms with E-state index in [9.17, 15) is 4.39 Å². The maximum atomic E-state index is 13.2. The van der Waals surface area contributed by atoms with Gasteiger partial charge in [0.1, 0.15) is 11.6 Å². The molecule has 0 amide bonds. The van der Waals surface area contributed by atoms with E-state index in [2.05, 4.69) is 27.3 Å². The molecule has 0 aliphatic rings. The summed E-state index contributed by atoms with van der Waals surface area (Å²) in [6.45, 7) is 4.08. The van der Waals surface area contributed by atoms with Crippen LogP contribution in [-0.4, -0.2) is 7.11 Å². The lowest BCUT2D eigenvalue weighted by molar-refractivity contribution is 0.407. The van der Waals surface area contributed by atoms with Gasteiger partial charge in [0.05, 0.1) is 17.6 Å². The standard InChI is InChI=1S/C16H17BrFNO/c1-10-4-6-13(16(8-10)20-3)11(2)19-12-5-7-15(18)14(17)9-12/h4-9,11,19H,1-3H3. The molecular formula is C16H17BrFNO. The maximum absolute atomic E-state index is 13.2. The predicted octanol–water partition coefficient (Wildman–Crippen LogP) is 5.08. The Hall–Kier alpha value is -1.55. The fourth-order valence-corrected chi connectivity index (χ4v) is 2.47. The van der Waals surface area contributed by atoms with Crippen molar-refractivity contribution in [3.63, 3.8) is 0 Å². The summed E-state index contributed by atoms with van der Waals surface area (Å²) in [4.78, 5) is 0. The van der Waals surface area contributed by atoms with E-state index in [1.54, 1.807) is 19.2 Å². The third-order valence-electron chi connectivity index (χ3n) is 3.16. The molecule has 2 aromatic rings. The number of halogens is 2. The number of hydrogen-bond donors (Lipinski definition) is 1. The van der Waals surface area contributed by atoms with E-state index in [0.29, 0.717) is 4.47 Å². The summed E-state index contributed by atoms with van der Waals surface area (Å²) in [6.07, 6.45) is 0. The summed E-state index contributed by atoms with van der Waals surface area (Å²) in [5, 5.41) is 3.34. The molecule has 4 heteroatoms. The summed E-state index contributed by atoms with van der Waals surface area (Å²) in [5.74, 6) is 0.585. The third kappa shape index (κ3) is 3.31. The van der Waals surface area contributed by atoms with Crippen LogP contribution >= 0.6 is 15.9 Å². The number of hydrogen-bond acceptors (Lipinski definition) is 2. The molecule has 0 radical (unpaired) electrons. The normalized spacial score (nSPS) is 12.1. The summed E-state index contributed by atoms with van der Waals surface area (Å²) in [5.41, 5.74) is 3.08. The van der Waals surface area contributed by atoms with E-state index in [0.717, 1.165) is 22.6 Å². The van der Waals surface area contributed by atoms with Gasteiger partial charge in [-0.15, -0.1) is 0 Å². The smallest absolute Gasteiger partial charge is 0.137 e. The van der Waals surface area contributed by atoms with Crippen molar-refractivity contribution in [1.29, 1.82) is 0 Å². The van der Waals surface area contributed by atoms with E-state index < -0.39 is 0 Å². The number of anilines is 1. The maximum Gasteiger partial charge on any atom is 0.137 e. The summed E-state index contributed by atoms with van der Waals surface area (Å²) in [7, 11) is 1.67. The van der Waals surface area contributed by atoms with Crippen LogP contribution in [0.5, 0.6) is 5.75 Å². The van der Waals surface area contributed by atoms with Crippen molar-refractivity contribution in [2.24, 2.45) is 0 Å². The largest absolute Gasteiger partial charge is 0.496 e. The first-order valence-corrected chi connectivity index (χ1v) is 7.16. The van der Waals surface area contributed by atoms with E-state index in [1.165, 1.54) is 6.07 Å². The minimum absolute atomic E-state index is 0.0583. The minimum atomic E-state index is -0.267. The van der Waals surface area contributed by atoms with Crippen LogP contribution in [0.15, 0.2) is 40.9 Å². The lowest BCUT2D eigenvalue weighted by Crippen LogP contribution is -2.08. The third-order valence-corrected chi connectivity index (χ3v) is 3.77. The summed E-state index contributed by atoms with van der Waals surface area (Å²) in [6, 6.07) is 11.0. The average Bonchev–Trinajstić information content (AvgIpc) is 2.42. The second-order valence-electron chi connectivity index (χ2n) is 4.74. The first-order valence-electron chi connectivity index (χ1n) is 6.37. The number of ether oxygens (including phenoxy) is 1. The molecule has 0 aliphatic carbocycles. The van der Waals surface area contributed by atoms with E-state index in [4.69, 9.17) is 4.74 Å². The number of methoxy groups -OCH3 is 1. The average molecular weight is 338 g/mol. The highest BCUT2D eigenvalue weighted by Crippen LogP contribution is 2.29. The van der Waals surface area contributed by atoms with Crippen molar-refractivity contribution in [3.05, 3.63) is 57.8 Å². The Balaban J connectivity index is 2.23. The number of aryl methyl sites for hydroxylation is 1. The van der Waals surface area contributed by atoms with Gasteiger partial charge < -0.3 is 10.1 Å². The van der Waals surface area contributed by atoms with Crippen LogP contribution in [-0.2, 0) is 0 Å². The van der Waals surface area contributed by atoms with Gasteiger partial charge in [-0.05, 0) is 59.6 Å². The Bertz CT molecular complexity index is 615. The van der Waals surface area contributed by atoms with Crippen molar-refractivity contribution >= 4 is 21.6 Å². The van der Waals surface area contributed by atoms with Gasteiger partial charge in [0.2, 0.25) is 0 Å². The van der Waals surface area contributed by atoms with Gasteiger partial charge in [0.25, 0.3) is 0 Å². The van der Waals surface area contributed by atoms with Gasteiger partial charge in [0, 0.05) is 11.3 Å². The zero-order chi connectivity index (χ0) is 14.7. The Labute approximate surface area is 127 Å². The van der Waals surface area contributed by atoms with Gasteiger partial charge in [-0.25, -0.2) is 4.39 Å². The van der Waals surface area contributed by atoms with E-state index in [1.807, 2.05) is 26.0 Å². The summed E-state index contributed by atoms with van der Waals surface area (Å²) < 4.78 is 19.1. The molecule has 0 fully saturated rings. The van der Waals surface area contributed by atoms with Gasteiger partial charge in [-0.1, -0.05) is 12.1 Å². The number of benzene rings is 2.